The van der Waals surface area contributed by atoms with E-state index < -0.39 is 23.6 Å². The van der Waals surface area contributed by atoms with Crippen molar-refractivity contribution >= 4 is 35.2 Å². The highest BCUT2D eigenvalue weighted by Gasteiger charge is 2.36. The van der Waals surface area contributed by atoms with Crippen LogP contribution in [0.1, 0.15) is 52.0 Å². The molecule has 47 heavy (non-hydrogen) atoms. The van der Waals surface area contributed by atoms with Gasteiger partial charge < -0.3 is 15.8 Å². The second kappa shape index (κ2) is 14.7. The molecular weight excluding hydrogens is 620 g/mol. The summed E-state index contributed by atoms with van der Waals surface area (Å²) in [6.07, 6.45) is 5.81. The largest absolute Gasteiger partial charge is 0.444 e. The highest BCUT2D eigenvalue weighted by Crippen LogP contribution is 2.34. The zero-order chi connectivity index (χ0) is 33.6. The molecule has 4 N–H and O–H groups in total. The van der Waals surface area contributed by atoms with Crippen LogP contribution in [-0.2, 0) is 20.7 Å². The van der Waals surface area contributed by atoms with Crippen LogP contribution in [0.15, 0.2) is 67.0 Å². The van der Waals surface area contributed by atoms with Gasteiger partial charge in [-0.05, 0) is 99.0 Å². The van der Waals surface area contributed by atoms with E-state index in [9.17, 15) is 14.4 Å². The fraction of sp³-hybridized carbons (Fsp3) is 0.382. The number of primary amides is 1. The molecule has 0 saturated heterocycles. The van der Waals surface area contributed by atoms with Crippen molar-refractivity contribution in [2.45, 2.75) is 64.5 Å². The van der Waals surface area contributed by atoms with Crippen LogP contribution in [0.2, 0.25) is 5.02 Å². The normalized spacial score (nSPS) is 17.0. The molecule has 1 aliphatic carbocycles. The number of hydrogen-bond donors (Lipinski definition) is 3. The summed E-state index contributed by atoms with van der Waals surface area (Å²) in [5.74, 6) is -0.476. The molecule has 1 saturated carbocycles. The Kier molecular flexibility index (Phi) is 10.5. The van der Waals surface area contributed by atoms with Crippen LogP contribution in [0.4, 0.5) is 10.5 Å². The summed E-state index contributed by atoms with van der Waals surface area (Å²) in [7, 11) is 0. The van der Waals surface area contributed by atoms with Crippen molar-refractivity contribution in [1.29, 1.82) is 0 Å². The highest BCUT2D eigenvalue weighted by atomic mass is 35.5. The van der Waals surface area contributed by atoms with Crippen molar-refractivity contribution in [1.82, 2.24) is 30.9 Å². The van der Waals surface area contributed by atoms with E-state index in [4.69, 9.17) is 22.1 Å². The van der Waals surface area contributed by atoms with E-state index in [1.165, 1.54) is 4.90 Å². The fourth-order valence-electron chi connectivity index (χ4n) is 5.82. The molecule has 4 aromatic rings. The number of rotatable bonds is 10. The Balaban J connectivity index is 1.35. The van der Waals surface area contributed by atoms with Gasteiger partial charge in [0.15, 0.2) is 0 Å². The molecule has 1 atom stereocenters. The highest BCUT2D eigenvalue weighted by molar-refractivity contribution is 6.33. The molecule has 2 aromatic heterocycles. The van der Waals surface area contributed by atoms with Gasteiger partial charge in [-0.1, -0.05) is 35.9 Å². The van der Waals surface area contributed by atoms with Gasteiger partial charge in [-0.15, -0.1) is 10.2 Å². The number of anilines is 1. The fourth-order valence-corrected chi connectivity index (χ4v) is 6.03. The van der Waals surface area contributed by atoms with Crippen molar-refractivity contribution in [3.63, 3.8) is 0 Å². The van der Waals surface area contributed by atoms with Crippen LogP contribution in [0.5, 0.6) is 0 Å². The van der Waals surface area contributed by atoms with Gasteiger partial charge in [0, 0.05) is 48.1 Å². The number of amides is 3. The second-order valence-electron chi connectivity index (χ2n) is 12.8. The number of ether oxygens (including phenoxy) is 1. The van der Waals surface area contributed by atoms with Crippen molar-refractivity contribution in [3.05, 3.63) is 77.6 Å². The molecule has 2 heterocycles. The Morgan fingerprint density at radius 2 is 1.70 bits per heavy atom. The molecule has 0 radical (unpaired) electrons. The Morgan fingerprint density at radius 3 is 2.30 bits per heavy atom. The van der Waals surface area contributed by atoms with Gasteiger partial charge in [0.1, 0.15) is 11.6 Å². The first kappa shape index (κ1) is 33.5. The van der Waals surface area contributed by atoms with Crippen molar-refractivity contribution in [2.24, 2.45) is 17.6 Å². The molecular formula is C34H39ClN8O4. The molecule has 0 bridgehead atoms. The summed E-state index contributed by atoms with van der Waals surface area (Å²) in [5, 5.41) is 17.5. The summed E-state index contributed by atoms with van der Waals surface area (Å²) < 4.78 is 5.36. The van der Waals surface area contributed by atoms with E-state index in [2.05, 4.69) is 30.9 Å². The molecule has 12 nitrogen and oxygen atoms in total. The number of halogens is 1. The van der Waals surface area contributed by atoms with E-state index in [0.717, 1.165) is 29.5 Å². The molecule has 0 spiro atoms. The first-order valence-electron chi connectivity index (χ1n) is 15.6. The number of pyridine rings is 1. The summed E-state index contributed by atoms with van der Waals surface area (Å²) >= 11 is 6.37. The van der Waals surface area contributed by atoms with Crippen LogP contribution in [-0.4, -0.2) is 61.7 Å². The van der Waals surface area contributed by atoms with E-state index in [1.807, 2.05) is 45.0 Å². The predicted molar refractivity (Wildman–Crippen MR) is 178 cm³/mol. The Bertz CT molecular complexity index is 1670. The monoisotopic (exact) mass is 658 g/mol. The van der Waals surface area contributed by atoms with E-state index >= 15 is 0 Å². The lowest BCUT2D eigenvalue weighted by atomic mass is 9.81. The maximum absolute atomic E-state index is 14.3. The van der Waals surface area contributed by atoms with Crippen molar-refractivity contribution in [3.8, 4) is 22.5 Å². The quantitative estimate of drug-likeness (QED) is 0.205. The second-order valence-corrected chi connectivity index (χ2v) is 13.2. The minimum atomic E-state index is -0.946. The van der Waals surface area contributed by atoms with Gasteiger partial charge in [-0.2, -0.15) is 5.21 Å². The minimum Gasteiger partial charge on any atom is -0.444 e. The van der Waals surface area contributed by atoms with Gasteiger partial charge in [0.25, 0.3) is 0 Å². The lowest BCUT2D eigenvalue weighted by Crippen LogP contribution is -2.52. The third kappa shape index (κ3) is 8.70. The van der Waals surface area contributed by atoms with Crippen molar-refractivity contribution in [2.75, 3.05) is 11.4 Å². The molecule has 13 heteroatoms. The zero-order valence-electron chi connectivity index (χ0n) is 26.6. The lowest BCUT2D eigenvalue weighted by Gasteiger charge is -2.36. The van der Waals surface area contributed by atoms with Crippen LogP contribution in [0, 0.1) is 11.8 Å². The Morgan fingerprint density at radius 1 is 1.02 bits per heavy atom. The number of aromatic amines is 1. The number of nitrogens with two attached hydrogens (primary N) is 1. The molecule has 3 amide bonds. The van der Waals surface area contributed by atoms with E-state index in [1.54, 1.807) is 42.7 Å². The number of carbonyl (C=O) groups excluding carboxylic acids is 3. The van der Waals surface area contributed by atoms with Crippen LogP contribution >= 0.6 is 11.6 Å². The number of carbonyl (C=O) groups is 3. The lowest BCUT2D eigenvalue weighted by molar-refractivity contribution is -0.127. The molecule has 1 fully saturated rings. The molecule has 5 rings (SSSR count). The number of alkyl carbamates (subject to hydrolysis) is 1. The minimum absolute atomic E-state index is 0.168. The summed E-state index contributed by atoms with van der Waals surface area (Å²) in [4.78, 5) is 45.3. The number of benzene rings is 2. The van der Waals surface area contributed by atoms with Crippen molar-refractivity contribution < 1.29 is 19.1 Å². The van der Waals surface area contributed by atoms with E-state index in [0.29, 0.717) is 41.5 Å². The Hall–Kier alpha value is -4.84. The molecule has 0 aliphatic heterocycles. The van der Waals surface area contributed by atoms with Crippen LogP contribution < -0.4 is 16.0 Å². The average Bonchev–Trinajstić information content (AvgIpc) is 3.59. The van der Waals surface area contributed by atoms with Gasteiger partial charge in [0.05, 0.1) is 5.02 Å². The van der Waals surface area contributed by atoms with Gasteiger partial charge >= 0.3 is 6.09 Å². The standard InChI is InChI=1S/C34H39ClN8O4/c1-34(2,3)47-33(46)38-19-22-6-10-25(11-7-22)32(45)43(26-14-12-24(13-15-26)31-39-41-42-40-31)29(30(36)44)18-21-4-8-23(9-5-21)27-20-37-17-16-28(27)35/h4-5,8-9,12-17,20,22,25,29H,6-7,10-11,18-19H2,1-3H3,(H2,36,44)(H,38,46)(H,39,40,41,42)/t22?,25?,29-/m0/s1. The van der Waals surface area contributed by atoms with Crippen LogP contribution in [0.3, 0.4) is 0 Å². The number of nitrogens with one attached hydrogen (secondary N) is 2. The summed E-state index contributed by atoms with van der Waals surface area (Å²) in [6, 6.07) is 15.5. The molecule has 2 aromatic carbocycles. The summed E-state index contributed by atoms with van der Waals surface area (Å²) in [5.41, 5.74) is 9.20. The maximum atomic E-state index is 14.3. The SMILES string of the molecule is CC(C)(C)OC(=O)NCC1CCC(C(=O)N(c2ccc(-c3nn[nH]n3)cc2)[C@@H](Cc2ccc(-c3cnccc3Cl)cc2)C(N)=O)CC1. The van der Waals surface area contributed by atoms with Gasteiger partial charge in [0.2, 0.25) is 17.6 Å². The third-order valence-electron chi connectivity index (χ3n) is 8.22. The van der Waals surface area contributed by atoms with Gasteiger partial charge in [-0.3, -0.25) is 19.5 Å². The maximum Gasteiger partial charge on any atom is 0.407 e. The average molecular weight is 659 g/mol. The molecule has 0 unspecified atom stereocenters. The van der Waals surface area contributed by atoms with E-state index in [-0.39, 0.29) is 24.2 Å². The number of tetrazole rings is 1. The third-order valence-corrected chi connectivity index (χ3v) is 8.55. The number of H-pyrrole nitrogens is 1. The van der Waals surface area contributed by atoms with Crippen LogP contribution in [0.25, 0.3) is 22.5 Å². The zero-order valence-corrected chi connectivity index (χ0v) is 27.4. The topological polar surface area (TPSA) is 169 Å². The number of nitrogens with zero attached hydrogens (tertiary/aromatic N) is 5. The smallest absolute Gasteiger partial charge is 0.407 e. The summed E-state index contributed by atoms with van der Waals surface area (Å²) in [6.45, 7) is 5.93. The Labute approximate surface area is 278 Å². The first-order chi connectivity index (χ1) is 22.5. The molecule has 1 aliphatic rings. The first-order valence-corrected chi connectivity index (χ1v) is 16.0. The predicted octanol–water partition coefficient (Wildman–Crippen LogP) is 5.34. The molecule has 246 valence electrons. The van der Waals surface area contributed by atoms with Gasteiger partial charge in [-0.25, -0.2) is 4.79 Å². The number of hydrogen-bond acceptors (Lipinski definition) is 8. The number of aromatic nitrogens is 5.